The monoisotopic (exact) mass is 575 g/mol. The third-order valence-corrected chi connectivity index (χ3v) is 9.33. The van der Waals surface area contributed by atoms with Gasteiger partial charge in [0.05, 0.1) is 11.1 Å². The Morgan fingerprint density at radius 2 is 0.933 bits per heavy atom. The normalized spacial score (nSPS) is 13.1. The highest BCUT2D eigenvalue weighted by Crippen LogP contribution is 2.60. The van der Waals surface area contributed by atoms with E-state index in [2.05, 4.69) is 181 Å². The highest BCUT2D eigenvalue weighted by molar-refractivity contribution is 6.11. The van der Waals surface area contributed by atoms with Crippen LogP contribution in [0.4, 0.5) is 17.1 Å². The van der Waals surface area contributed by atoms with Crippen LogP contribution in [-0.4, -0.2) is 0 Å². The summed E-state index contributed by atoms with van der Waals surface area (Å²) >= 11 is 0. The van der Waals surface area contributed by atoms with Gasteiger partial charge in [-0.25, -0.2) is 0 Å². The van der Waals surface area contributed by atoms with Gasteiger partial charge in [-0.3, -0.25) is 0 Å². The maximum absolute atomic E-state index is 6.64. The molecule has 45 heavy (non-hydrogen) atoms. The molecule has 7 aromatic carbocycles. The molecule has 1 aliphatic carbocycles. The number of rotatable bonds is 5. The predicted molar refractivity (Wildman–Crippen MR) is 186 cm³/mol. The topological polar surface area (TPSA) is 16.4 Å². The minimum Gasteiger partial charge on any atom is -0.456 e. The Morgan fingerprint density at radius 1 is 0.422 bits per heavy atom. The highest BCUT2D eigenvalue weighted by atomic mass is 16.3. The molecule has 0 atom stereocenters. The SMILES string of the molecule is c1ccc(N(c2ccccc2)c2ccc3oc4ccccc4c3c2C2(c3ccccc3)c3ccccc3-c3ccccc32)cc1. The second kappa shape index (κ2) is 10.1. The zero-order valence-electron chi connectivity index (χ0n) is 24.6. The summed E-state index contributed by atoms with van der Waals surface area (Å²) in [5.41, 5.74) is 12.0. The standard InChI is InChI=1S/C43H29NO/c1-4-16-30(17-5-1)43(36-25-13-10-22-33(36)34-23-11-14-26-37(34)43)42-38(28-29-40-41(42)35-24-12-15-27-39(35)45-40)44(31-18-6-2-7-19-31)32-20-8-3-9-21-32/h1-29H. The Bertz CT molecular complexity index is 2240. The molecule has 1 aliphatic rings. The van der Waals surface area contributed by atoms with Crippen molar-refractivity contribution >= 4 is 39.0 Å². The van der Waals surface area contributed by atoms with Gasteiger partial charge < -0.3 is 9.32 Å². The van der Waals surface area contributed by atoms with Crippen LogP contribution in [0.15, 0.2) is 180 Å². The minimum atomic E-state index is -0.627. The van der Waals surface area contributed by atoms with Crippen molar-refractivity contribution in [2.75, 3.05) is 4.90 Å². The number of furan rings is 1. The van der Waals surface area contributed by atoms with Crippen LogP contribution >= 0.6 is 0 Å². The van der Waals surface area contributed by atoms with Gasteiger partial charge in [0.25, 0.3) is 0 Å². The van der Waals surface area contributed by atoms with E-state index in [0.717, 1.165) is 39.0 Å². The van der Waals surface area contributed by atoms with E-state index in [1.807, 2.05) is 0 Å². The van der Waals surface area contributed by atoms with Crippen molar-refractivity contribution in [1.82, 2.24) is 0 Å². The van der Waals surface area contributed by atoms with E-state index in [9.17, 15) is 0 Å². The lowest BCUT2D eigenvalue weighted by Crippen LogP contribution is -2.31. The van der Waals surface area contributed by atoms with Gasteiger partial charge in [-0.1, -0.05) is 133 Å². The van der Waals surface area contributed by atoms with E-state index in [1.165, 1.54) is 33.4 Å². The van der Waals surface area contributed by atoms with E-state index in [4.69, 9.17) is 4.42 Å². The molecule has 0 unspecified atom stereocenters. The summed E-state index contributed by atoms with van der Waals surface area (Å²) in [6.45, 7) is 0. The number of nitrogens with zero attached hydrogens (tertiary/aromatic N) is 1. The van der Waals surface area contributed by atoms with Crippen LogP contribution in [0.5, 0.6) is 0 Å². The minimum absolute atomic E-state index is 0.627. The molecular weight excluding hydrogens is 546 g/mol. The van der Waals surface area contributed by atoms with Crippen molar-refractivity contribution in [2.45, 2.75) is 5.41 Å². The van der Waals surface area contributed by atoms with E-state index < -0.39 is 5.41 Å². The van der Waals surface area contributed by atoms with Crippen LogP contribution in [-0.2, 0) is 5.41 Å². The van der Waals surface area contributed by atoms with Crippen molar-refractivity contribution in [3.63, 3.8) is 0 Å². The fourth-order valence-corrected chi connectivity index (χ4v) is 7.60. The Morgan fingerprint density at radius 3 is 1.56 bits per heavy atom. The number of benzene rings is 7. The third-order valence-electron chi connectivity index (χ3n) is 9.33. The summed E-state index contributed by atoms with van der Waals surface area (Å²) in [4.78, 5) is 2.41. The number of hydrogen-bond donors (Lipinski definition) is 0. The van der Waals surface area contributed by atoms with Gasteiger partial charge in [0.1, 0.15) is 11.2 Å². The van der Waals surface area contributed by atoms with Crippen LogP contribution < -0.4 is 4.90 Å². The molecule has 2 nitrogen and oxygen atoms in total. The van der Waals surface area contributed by atoms with Crippen LogP contribution in [0.25, 0.3) is 33.1 Å². The van der Waals surface area contributed by atoms with Crippen molar-refractivity contribution in [2.24, 2.45) is 0 Å². The van der Waals surface area contributed by atoms with Crippen molar-refractivity contribution in [3.8, 4) is 11.1 Å². The molecule has 212 valence electrons. The predicted octanol–water partition coefficient (Wildman–Crippen LogP) is 11.4. The van der Waals surface area contributed by atoms with Gasteiger partial charge in [0.2, 0.25) is 0 Å². The molecule has 0 saturated carbocycles. The summed E-state index contributed by atoms with van der Waals surface area (Å²) in [7, 11) is 0. The first-order valence-electron chi connectivity index (χ1n) is 15.5. The quantitative estimate of drug-likeness (QED) is 0.203. The molecule has 0 bridgehead atoms. The molecule has 2 heteroatoms. The lowest BCUT2D eigenvalue weighted by atomic mass is 9.66. The van der Waals surface area contributed by atoms with Gasteiger partial charge >= 0.3 is 0 Å². The molecule has 0 N–H and O–H groups in total. The molecule has 0 radical (unpaired) electrons. The van der Waals surface area contributed by atoms with Crippen LogP contribution in [0.2, 0.25) is 0 Å². The van der Waals surface area contributed by atoms with E-state index in [1.54, 1.807) is 0 Å². The molecule has 1 heterocycles. The first kappa shape index (κ1) is 25.6. The number of fused-ring (bicyclic) bond motifs is 6. The Balaban J connectivity index is 1.54. The lowest BCUT2D eigenvalue weighted by molar-refractivity contribution is 0.667. The molecule has 0 amide bonds. The van der Waals surface area contributed by atoms with Crippen LogP contribution in [0, 0.1) is 0 Å². The Labute approximate surface area is 262 Å². The summed E-state index contributed by atoms with van der Waals surface area (Å²) < 4.78 is 6.64. The molecule has 0 spiro atoms. The van der Waals surface area contributed by atoms with Gasteiger partial charge in [-0.2, -0.15) is 0 Å². The number of para-hydroxylation sites is 3. The first-order chi connectivity index (χ1) is 22.4. The smallest absolute Gasteiger partial charge is 0.135 e. The molecule has 0 aliphatic heterocycles. The maximum Gasteiger partial charge on any atom is 0.135 e. The third kappa shape index (κ3) is 3.69. The Kier molecular flexibility index (Phi) is 5.76. The number of hydrogen-bond acceptors (Lipinski definition) is 2. The Hall–Kier alpha value is -5.86. The summed E-state index contributed by atoms with van der Waals surface area (Å²) in [5.74, 6) is 0. The molecular formula is C43H29NO. The average Bonchev–Trinajstić information content (AvgIpc) is 3.64. The largest absolute Gasteiger partial charge is 0.456 e. The molecule has 0 fully saturated rings. The van der Waals surface area contributed by atoms with Crippen molar-refractivity contribution in [1.29, 1.82) is 0 Å². The zero-order chi connectivity index (χ0) is 29.8. The maximum atomic E-state index is 6.64. The zero-order valence-corrected chi connectivity index (χ0v) is 24.6. The average molecular weight is 576 g/mol. The van der Waals surface area contributed by atoms with Crippen molar-refractivity contribution < 1.29 is 4.42 Å². The lowest BCUT2D eigenvalue weighted by Gasteiger charge is -2.38. The molecule has 0 saturated heterocycles. The van der Waals surface area contributed by atoms with E-state index >= 15 is 0 Å². The van der Waals surface area contributed by atoms with Gasteiger partial charge in [-0.05, 0) is 70.3 Å². The van der Waals surface area contributed by atoms with E-state index in [-0.39, 0.29) is 0 Å². The van der Waals surface area contributed by atoms with E-state index in [0.29, 0.717) is 0 Å². The van der Waals surface area contributed by atoms with Crippen LogP contribution in [0.1, 0.15) is 22.3 Å². The summed E-state index contributed by atoms with van der Waals surface area (Å²) in [6.07, 6.45) is 0. The summed E-state index contributed by atoms with van der Waals surface area (Å²) in [5, 5.41) is 2.25. The number of anilines is 3. The summed E-state index contributed by atoms with van der Waals surface area (Å²) in [6, 6.07) is 63.2. The molecule has 8 aromatic rings. The van der Waals surface area contributed by atoms with Crippen LogP contribution in [0.3, 0.4) is 0 Å². The van der Waals surface area contributed by atoms with Gasteiger partial charge in [-0.15, -0.1) is 0 Å². The van der Waals surface area contributed by atoms with Gasteiger partial charge in [0, 0.05) is 27.7 Å². The fourth-order valence-electron chi connectivity index (χ4n) is 7.60. The second-order valence-corrected chi connectivity index (χ2v) is 11.6. The molecule has 9 rings (SSSR count). The second-order valence-electron chi connectivity index (χ2n) is 11.6. The fraction of sp³-hybridized carbons (Fsp3) is 0.0233. The molecule has 1 aromatic heterocycles. The van der Waals surface area contributed by atoms with Gasteiger partial charge in [0.15, 0.2) is 0 Å². The highest BCUT2D eigenvalue weighted by Gasteiger charge is 2.49. The van der Waals surface area contributed by atoms with Crippen molar-refractivity contribution in [3.05, 3.63) is 198 Å². The first-order valence-corrected chi connectivity index (χ1v) is 15.5.